The third kappa shape index (κ3) is 1.81. The summed E-state index contributed by atoms with van der Waals surface area (Å²) in [4.78, 5) is 0. The van der Waals surface area contributed by atoms with Crippen LogP contribution in [-0.4, -0.2) is 0 Å². The average Bonchev–Trinajstić information content (AvgIpc) is 2.55. The van der Waals surface area contributed by atoms with E-state index in [-0.39, 0.29) is 0 Å². The molecule has 1 aromatic rings. The van der Waals surface area contributed by atoms with E-state index < -0.39 is 0 Å². The van der Waals surface area contributed by atoms with Crippen LogP contribution < -0.4 is 0 Å². The summed E-state index contributed by atoms with van der Waals surface area (Å²) in [5.41, 5.74) is 7.67. The molecule has 0 N–H and O–H groups in total. The molecule has 0 fully saturated rings. The first-order valence-electron chi connectivity index (χ1n) is 6.33. The first-order chi connectivity index (χ1) is 7.50. The second-order valence-electron chi connectivity index (χ2n) is 5.61. The van der Waals surface area contributed by atoms with Crippen LogP contribution in [0.4, 0.5) is 0 Å². The van der Waals surface area contributed by atoms with Gasteiger partial charge < -0.3 is 0 Å². The van der Waals surface area contributed by atoms with Gasteiger partial charge in [-0.3, -0.25) is 0 Å². The van der Waals surface area contributed by atoms with Crippen molar-refractivity contribution >= 4 is 6.08 Å². The Morgan fingerprint density at radius 2 is 1.69 bits per heavy atom. The van der Waals surface area contributed by atoms with Gasteiger partial charge in [-0.15, -0.1) is 0 Å². The van der Waals surface area contributed by atoms with E-state index in [0.717, 1.165) is 6.42 Å². The van der Waals surface area contributed by atoms with Gasteiger partial charge in [-0.2, -0.15) is 0 Å². The van der Waals surface area contributed by atoms with Gasteiger partial charge in [-0.25, -0.2) is 0 Å². The molecule has 1 aliphatic carbocycles. The predicted octanol–water partition coefficient (Wildman–Crippen LogP) is 4.89. The molecule has 0 atom stereocenters. The van der Waals surface area contributed by atoms with Gasteiger partial charge in [0.25, 0.3) is 0 Å². The van der Waals surface area contributed by atoms with Crippen LogP contribution in [-0.2, 0) is 6.42 Å². The molecule has 0 bridgehead atoms. The van der Waals surface area contributed by atoms with E-state index in [2.05, 4.69) is 52.8 Å². The van der Waals surface area contributed by atoms with Crippen LogP contribution >= 0.6 is 0 Å². The maximum Gasteiger partial charge on any atom is -0.00577 e. The van der Waals surface area contributed by atoms with Crippen molar-refractivity contribution in [2.24, 2.45) is 0 Å². The zero-order valence-electron chi connectivity index (χ0n) is 11.1. The largest absolute Gasteiger partial charge is 0.0683 e. The van der Waals surface area contributed by atoms with E-state index in [1.54, 1.807) is 11.1 Å². The number of hydrogen-bond acceptors (Lipinski definition) is 0. The Hall–Kier alpha value is -1.04. The molecule has 0 radical (unpaired) electrons. The van der Waals surface area contributed by atoms with Crippen LogP contribution in [0.2, 0.25) is 0 Å². The summed E-state index contributed by atoms with van der Waals surface area (Å²) in [7, 11) is 0. The van der Waals surface area contributed by atoms with E-state index >= 15 is 0 Å². The molecule has 16 heavy (non-hydrogen) atoms. The van der Waals surface area contributed by atoms with Gasteiger partial charge in [0, 0.05) is 0 Å². The molecular formula is C16H22. The van der Waals surface area contributed by atoms with E-state index in [1.807, 2.05) is 0 Å². The van der Waals surface area contributed by atoms with Crippen LogP contribution in [0.25, 0.3) is 6.08 Å². The first-order valence-corrected chi connectivity index (χ1v) is 6.33. The summed E-state index contributed by atoms with van der Waals surface area (Å²) in [6.45, 7) is 11.5. The Morgan fingerprint density at radius 3 is 2.25 bits per heavy atom. The zero-order valence-corrected chi connectivity index (χ0v) is 11.1. The second kappa shape index (κ2) is 4.08. The van der Waals surface area contributed by atoms with Crippen LogP contribution in [0.5, 0.6) is 0 Å². The molecule has 86 valence electrons. The highest BCUT2D eigenvalue weighted by molar-refractivity contribution is 5.66. The van der Waals surface area contributed by atoms with Crippen molar-refractivity contribution in [3.8, 4) is 0 Å². The molecule has 0 heteroatoms. The van der Waals surface area contributed by atoms with E-state index in [1.165, 1.54) is 16.7 Å². The van der Waals surface area contributed by atoms with E-state index in [0.29, 0.717) is 11.8 Å². The van der Waals surface area contributed by atoms with E-state index in [4.69, 9.17) is 0 Å². The van der Waals surface area contributed by atoms with Gasteiger partial charge in [-0.05, 0) is 47.4 Å². The lowest BCUT2D eigenvalue weighted by atomic mass is 9.85. The first kappa shape index (κ1) is 11.4. The summed E-state index contributed by atoms with van der Waals surface area (Å²) in [6.07, 6.45) is 3.49. The quantitative estimate of drug-likeness (QED) is 0.657. The van der Waals surface area contributed by atoms with Crippen molar-refractivity contribution < 1.29 is 0 Å². The minimum Gasteiger partial charge on any atom is -0.0683 e. The standard InChI is InChI=1S/C16H22/c1-10(2)14-7-6-13-8-12(5)9-15(13)16(14)11(3)4/h6-8,10-11H,9H2,1-5H3. The summed E-state index contributed by atoms with van der Waals surface area (Å²) in [5, 5.41) is 0. The van der Waals surface area contributed by atoms with Gasteiger partial charge in [0.15, 0.2) is 0 Å². The molecule has 0 unspecified atom stereocenters. The molecule has 0 aromatic heterocycles. The molecular weight excluding hydrogens is 192 g/mol. The van der Waals surface area contributed by atoms with Crippen molar-refractivity contribution in [1.82, 2.24) is 0 Å². The van der Waals surface area contributed by atoms with Gasteiger partial charge in [0.1, 0.15) is 0 Å². The van der Waals surface area contributed by atoms with E-state index in [9.17, 15) is 0 Å². The maximum atomic E-state index is 2.34. The highest BCUT2D eigenvalue weighted by Gasteiger charge is 2.20. The fraction of sp³-hybridized carbons (Fsp3) is 0.500. The molecule has 1 aromatic carbocycles. The minimum atomic E-state index is 0.628. The fourth-order valence-electron chi connectivity index (χ4n) is 2.81. The molecule has 0 aliphatic heterocycles. The predicted molar refractivity (Wildman–Crippen MR) is 72.0 cm³/mol. The van der Waals surface area contributed by atoms with Gasteiger partial charge in [0.05, 0.1) is 0 Å². The molecule has 0 amide bonds. The zero-order chi connectivity index (χ0) is 11.9. The van der Waals surface area contributed by atoms with Crippen molar-refractivity contribution in [3.63, 3.8) is 0 Å². The van der Waals surface area contributed by atoms with Crippen LogP contribution in [0.1, 0.15) is 68.7 Å². The highest BCUT2D eigenvalue weighted by atomic mass is 14.2. The number of benzene rings is 1. The molecule has 0 saturated heterocycles. The lowest BCUT2D eigenvalue weighted by Gasteiger charge is -2.20. The Morgan fingerprint density at radius 1 is 1.00 bits per heavy atom. The summed E-state index contributed by atoms with van der Waals surface area (Å²) in [6, 6.07) is 4.63. The summed E-state index contributed by atoms with van der Waals surface area (Å²) in [5.74, 6) is 1.26. The normalized spacial score (nSPS) is 14.6. The van der Waals surface area contributed by atoms with Crippen molar-refractivity contribution in [2.75, 3.05) is 0 Å². The molecule has 0 spiro atoms. The molecule has 0 heterocycles. The Balaban J connectivity index is 2.59. The summed E-state index contributed by atoms with van der Waals surface area (Å²) < 4.78 is 0. The van der Waals surface area contributed by atoms with Gasteiger partial charge >= 0.3 is 0 Å². The second-order valence-corrected chi connectivity index (χ2v) is 5.61. The monoisotopic (exact) mass is 214 g/mol. The molecule has 0 saturated carbocycles. The van der Waals surface area contributed by atoms with Gasteiger partial charge in [0.2, 0.25) is 0 Å². The fourth-order valence-corrected chi connectivity index (χ4v) is 2.81. The van der Waals surface area contributed by atoms with Crippen molar-refractivity contribution in [1.29, 1.82) is 0 Å². The third-order valence-electron chi connectivity index (χ3n) is 3.48. The molecule has 2 rings (SSSR count). The Kier molecular flexibility index (Phi) is 2.92. The topological polar surface area (TPSA) is 0 Å². The van der Waals surface area contributed by atoms with Gasteiger partial charge in [-0.1, -0.05) is 51.5 Å². The number of rotatable bonds is 2. The van der Waals surface area contributed by atoms with Crippen LogP contribution in [0.3, 0.4) is 0 Å². The third-order valence-corrected chi connectivity index (χ3v) is 3.48. The summed E-state index contributed by atoms with van der Waals surface area (Å²) >= 11 is 0. The molecule has 1 aliphatic rings. The Labute approximate surface area is 99.4 Å². The van der Waals surface area contributed by atoms with Crippen molar-refractivity contribution in [3.05, 3.63) is 40.0 Å². The van der Waals surface area contributed by atoms with Crippen LogP contribution in [0.15, 0.2) is 17.7 Å². The number of hydrogen-bond donors (Lipinski definition) is 0. The van der Waals surface area contributed by atoms with Crippen LogP contribution in [0, 0.1) is 0 Å². The highest BCUT2D eigenvalue weighted by Crippen LogP contribution is 2.36. The SMILES string of the molecule is CC1=Cc2ccc(C(C)C)c(C(C)C)c2C1. The van der Waals surface area contributed by atoms with Crippen molar-refractivity contribution in [2.45, 2.75) is 52.9 Å². The number of fused-ring (bicyclic) bond motifs is 1. The molecule has 0 nitrogen and oxygen atoms in total. The minimum absolute atomic E-state index is 0.628. The smallest absolute Gasteiger partial charge is 0.00577 e. The average molecular weight is 214 g/mol. The lowest BCUT2D eigenvalue weighted by Crippen LogP contribution is -2.04. The maximum absolute atomic E-state index is 2.34. The number of allylic oxidation sites excluding steroid dienone is 1. The lowest BCUT2D eigenvalue weighted by molar-refractivity contribution is 0.779. The Bertz CT molecular complexity index is 434.